The minimum atomic E-state index is -3.89. The summed E-state index contributed by atoms with van der Waals surface area (Å²) in [4.78, 5) is 22.7. The number of carboxylic acids is 1. The van der Waals surface area contributed by atoms with Gasteiger partial charge in [-0.25, -0.2) is 13.2 Å². The van der Waals surface area contributed by atoms with Gasteiger partial charge in [0.2, 0.25) is 10.0 Å². The average molecular weight is 493 g/mol. The van der Waals surface area contributed by atoms with Crippen LogP contribution in [0.15, 0.2) is 83.8 Å². The van der Waals surface area contributed by atoms with Crippen molar-refractivity contribution in [3.8, 4) is 11.1 Å². The van der Waals surface area contributed by atoms with Crippen LogP contribution in [0.25, 0.3) is 17.2 Å². The molecule has 35 heavy (non-hydrogen) atoms. The molecule has 0 radical (unpaired) electrons. The predicted octanol–water partition coefficient (Wildman–Crippen LogP) is 3.60. The van der Waals surface area contributed by atoms with E-state index in [4.69, 9.17) is 9.84 Å². The Kier molecular flexibility index (Phi) is 7.28. The van der Waals surface area contributed by atoms with Crippen LogP contribution in [0.4, 0.5) is 4.79 Å². The molecule has 9 heteroatoms. The van der Waals surface area contributed by atoms with E-state index in [0.29, 0.717) is 0 Å². The topological polar surface area (TPSA) is 122 Å². The molecule has 3 N–H and O–H groups in total. The molecule has 0 saturated heterocycles. The zero-order chi connectivity index (χ0) is 24.8. The van der Waals surface area contributed by atoms with E-state index < -0.39 is 28.6 Å². The molecule has 180 valence electrons. The van der Waals surface area contributed by atoms with Gasteiger partial charge in [-0.2, -0.15) is 4.72 Å². The number of aliphatic carboxylic acids is 1. The van der Waals surface area contributed by atoms with E-state index in [1.54, 1.807) is 24.3 Å². The van der Waals surface area contributed by atoms with Crippen molar-refractivity contribution in [2.45, 2.75) is 10.8 Å². The van der Waals surface area contributed by atoms with E-state index in [1.165, 1.54) is 12.1 Å². The number of rotatable bonds is 9. The van der Waals surface area contributed by atoms with Crippen LogP contribution in [-0.2, 0) is 19.6 Å². The molecule has 1 aliphatic carbocycles. The molecule has 0 saturated carbocycles. The highest BCUT2D eigenvalue weighted by Gasteiger charge is 2.28. The fourth-order valence-corrected chi connectivity index (χ4v) is 4.96. The number of hydrogen-bond donors (Lipinski definition) is 3. The van der Waals surface area contributed by atoms with E-state index >= 15 is 0 Å². The van der Waals surface area contributed by atoms with E-state index in [9.17, 15) is 18.0 Å². The molecule has 8 nitrogen and oxygen atoms in total. The average Bonchev–Trinajstić information content (AvgIpc) is 3.18. The maximum Gasteiger partial charge on any atom is 0.407 e. The van der Waals surface area contributed by atoms with E-state index in [1.807, 2.05) is 29.0 Å². The smallest absolute Gasteiger partial charge is 0.407 e. The predicted molar refractivity (Wildman–Crippen MR) is 131 cm³/mol. The maximum absolute atomic E-state index is 12.2. The summed E-state index contributed by atoms with van der Waals surface area (Å²) in [5, 5.41) is 11.3. The lowest BCUT2D eigenvalue weighted by atomic mass is 9.98. The van der Waals surface area contributed by atoms with Gasteiger partial charge in [0.15, 0.2) is 0 Å². The summed E-state index contributed by atoms with van der Waals surface area (Å²) in [6, 6.07) is 22.2. The van der Waals surface area contributed by atoms with Crippen molar-refractivity contribution in [3.63, 3.8) is 0 Å². The van der Waals surface area contributed by atoms with Gasteiger partial charge in [-0.05, 0) is 39.9 Å². The SMILES string of the molecule is O=C(O)CNS(=O)(=O)c1ccc(C=CCNC(=O)OCC2c3ccccc3-c3ccccc32)cc1. The lowest BCUT2D eigenvalue weighted by molar-refractivity contribution is -0.135. The van der Waals surface area contributed by atoms with E-state index in [-0.39, 0.29) is 24.0 Å². The summed E-state index contributed by atoms with van der Waals surface area (Å²) >= 11 is 0. The second-order valence-electron chi connectivity index (χ2n) is 7.90. The first-order valence-corrected chi connectivity index (χ1v) is 12.4. The van der Waals surface area contributed by atoms with E-state index in [0.717, 1.165) is 27.8 Å². The van der Waals surface area contributed by atoms with Gasteiger partial charge < -0.3 is 15.2 Å². The maximum atomic E-state index is 12.2. The zero-order valence-corrected chi connectivity index (χ0v) is 19.5. The third kappa shape index (κ3) is 5.76. The van der Waals surface area contributed by atoms with Crippen LogP contribution in [0.2, 0.25) is 0 Å². The standard InChI is InChI=1S/C26H24N2O6S/c29-25(30)16-28-35(32,33)19-13-11-18(12-14-19)6-5-15-27-26(31)34-17-24-22-9-3-1-7-20(22)21-8-2-4-10-23(21)24/h1-14,24,28H,15-17H2,(H,27,31)(H,29,30). The van der Waals surface area contributed by atoms with Crippen LogP contribution in [-0.4, -0.2) is 45.3 Å². The lowest BCUT2D eigenvalue weighted by Gasteiger charge is -2.14. The van der Waals surface area contributed by atoms with Gasteiger partial charge in [0.05, 0.1) is 4.90 Å². The molecular weight excluding hydrogens is 468 g/mol. The second kappa shape index (κ2) is 10.5. The Balaban J connectivity index is 1.27. The summed E-state index contributed by atoms with van der Waals surface area (Å²) in [6.45, 7) is -0.224. The number of fused-ring (bicyclic) bond motifs is 3. The first kappa shape index (κ1) is 24.2. The molecule has 0 heterocycles. The van der Waals surface area contributed by atoms with Gasteiger partial charge in [0.25, 0.3) is 0 Å². The van der Waals surface area contributed by atoms with Crippen LogP contribution < -0.4 is 10.0 Å². The third-order valence-corrected chi connectivity index (χ3v) is 7.04. The Morgan fingerprint density at radius 2 is 1.51 bits per heavy atom. The number of carboxylic acid groups (broad SMARTS) is 1. The quantitative estimate of drug-likeness (QED) is 0.420. The number of alkyl carbamates (subject to hydrolysis) is 1. The molecule has 0 atom stereocenters. The molecule has 3 aromatic rings. The Morgan fingerprint density at radius 3 is 2.11 bits per heavy atom. The van der Waals surface area contributed by atoms with Crippen molar-refractivity contribution in [2.75, 3.05) is 19.7 Å². The Bertz CT molecular complexity index is 1320. The number of benzene rings is 3. The van der Waals surface area contributed by atoms with E-state index in [2.05, 4.69) is 29.6 Å². The molecule has 3 aromatic carbocycles. The van der Waals surface area contributed by atoms with Gasteiger partial charge in [-0.1, -0.05) is 72.8 Å². The fraction of sp³-hybridized carbons (Fsp3) is 0.154. The number of carbonyl (C=O) groups is 2. The van der Waals surface area contributed by atoms with Gasteiger partial charge in [0, 0.05) is 12.5 Å². The molecule has 0 aliphatic heterocycles. The fourth-order valence-electron chi connectivity index (χ4n) is 3.98. The molecule has 0 spiro atoms. The van der Waals surface area contributed by atoms with Crippen molar-refractivity contribution >= 4 is 28.2 Å². The Hall–Kier alpha value is -3.95. The van der Waals surface area contributed by atoms with Crippen molar-refractivity contribution in [2.24, 2.45) is 0 Å². The number of amides is 1. The highest BCUT2D eigenvalue weighted by atomic mass is 32.2. The molecule has 0 aromatic heterocycles. The highest BCUT2D eigenvalue weighted by Crippen LogP contribution is 2.44. The molecule has 1 amide bonds. The highest BCUT2D eigenvalue weighted by molar-refractivity contribution is 7.89. The largest absolute Gasteiger partial charge is 0.480 e. The molecule has 0 bridgehead atoms. The minimum absolute atomic E-state index is 0.0107. The normalized spacial score (nSPS) is 12.8. The Morgan fingerprint density at radius 1 is 0.914 bits per heavy atom. The van der Waals surface area contributed by atoms with Crippen LogP contribution >= 0.6 is 0 Å². The Labute approximate surface area is 203 Å². The molecule has 1 aliphatic rings. The molecular formula is C26H24N2O6S. The molecule has 0 fully saturated rings. The minimum Gasteiger partial charge on any atom is -0.480 e. The van der Waals surface area contributed by atoms with Crippen molar-refractivity contribution in [1.82, 2.24) is 10.0 Å². The van der Waals surface area contributed by atoms with Gasteiger partial charge >= 0.3 is 12.1 Å². The summed E-state index contributed by atoms with van der Waals surface area (Å²) in [5.74, 6) is -1.28. The number of ether oxygens (including phenoxy) is 1. The van der Waals surface area contributed by atoms with Gasteiger partial charge in [0.1, 0.15) is 13.2 Å². The summed E-state index contributed by atoms with van der Waals surface area (Å²) in [7, 11) is -3.89. The van der Waals surface area contributed by atoms with Gasteiger partial charge in [-0.15, -0.1) is 0 Å². The molecule has 4 rings (SSSR count). The molecule has 0 unspecified atom stereocenters. The van der Waals surface area contributed by atoms with Crippen molar-refractivity contribution < 1.29 is 27.9 Å². The third-order valence-electron chi connectivity index (χ3n) is 5.62. The number of hydrogen-bond acceptors (Lipinski definition) is 5. The van der Waals surface area contributed by atoms with Crippen LogP contribution in [0, 0.1) is 0 Å². The number of carbonyl (C=O) groups excluding carboxylic acids is 1. The summed E-state index contributed by atoms with van der Waals surface area (Å²) in [5.41, 5.74) is 5.33. The second-order valence-corrected chi connectivity index (χ2v) is 9.66. The van der Waals surface area contributed by atoms with Crippen LogP contribution in [0.3, 0.4) is 0 Å². The number of nitrogens with one attached hydrogen (secondary N) is 2. The zero-order valence-electron chi connectivity index (χ0n) is 18.7. The summed E-state index contributed by atoms with van der Waals surface area (Å²) in [6.07, 6.45) is 2.92. The van der Waals surface area contributed by atoms with Crippen LogP contribution in [0.1, 0.15) is 22.6 Å². The monoisotopic (exact) mass is 492 g/mol. The summed E-state index contributed by atoms with van der Waals surface area (Å²) < 4.78 is 31.5. The first-order valence-electron chi connectivity index (χ1n) is 10.9. The lowest BCUT2D eigenvalue weighted by Crippen LogP contribution is -2.29. The first-order chi connectivity index (χ1) is 16.8. The van der Waals surface area contributed by atoms with Crippen LogP contribution in [0.5, 0.6) is 0 Å². The van der Waals surface area contributed by atoms with Crippen molar-refractivity contribution in [3.05, 3.63) is 95.6 Å². The van der Waals surface area contributed by atoms with Gasteiger partial charge in [-0.3, -0.25) is 4.79 Å². The number of sulfonamides is 1. The van der Waals surface area contributed by atoms with Crippen molar-refractivity contribution in [1.29, 1.82) is 0 Å².